The molecular weight excluding hydrogens is 352 g/mol. The van der Waals surface area contributed by atoms with Crippen LogP contribution in [0.3, 0.4) is 0 Å². The third-order valence-corrected chi connectivity index (χ3v) is 7.89. The summed E-state index contributed by atoms with van der Waals surface area (Å²) >= 11 is 0. The molecule has 1 aromatic carbocycles. The minimum atomic E-state index is -1.56. The highest BCUT2D eigenvalue weighted by Gasteiger charge is 2.23. The van der Waals surface area contributed by atoms with Crippen LogP contribution >= 0.6 is 0 Å². The SMILES string of the molecule is CCc1ccc([C@H]2CC[C@H](OCCC[SiH](OC(C)C)OC(C)C)CC2)cc1. The van der Waals surface area contributed by atoms with E-state index in [9.17, 15) is 0 Å². The van der Waals surface area contributed by atoms with E-state index in [1.807, 2.05) is 0 Å². The van der Waals surface area contributed by atoms with Crippen LogP contribution in [0.2, 0.25) is 6.04 Å². The first-order chi connectivity index (χ1) is 13.0. The number of hydrogen-bond donors (Lipinski definition) is 0. The quantitative estimate of drug-likeness (QED) is 0.354. The van der Waals surface area contributed by atoms with Gasteiger partial charge in [0.15, 0.2) is 0 Å². The Balaban J connectivity index is 1.65. The monoisotopic (exact) mass is 392 g/mol. The van der Waals surface area contributed by atoms with Gasteiger partial charge < -0.3 is 13.6 Å². The van der Waals surface area contributed by atoms with E-state index in [2.05, 4.69) is 58.9 Å². The Morgan fingerprint density at radius 2 is 1.52 bits per heavy atom. The molecule has 1 saturated carbocycles. The average Bonchev–Trinajstić information content (AvgIpc) is 2.65. The summed E-state index contributed by atoms with van der Waals surface area (Å²) in [6.07, 6.45) is 7.99. The van der Waals surface area contributed by atoms with Gasteiger partial charge in [0.25, 0.3) is 0 Å². The molecule has 0 unspecified atom stereocenters. The highest BCUT2D eigenvalue weighted by molar-refractivity contribution is 6.44. The third kappa shape index (κ3) is 8.47. The lowest BCUT2D eigenvalue weighted by atomic mass is 9.82. The fourth-order valence-corrected chi connectivity index (χ4v) is 5.91. The molecule has 1 fully saturated rings. The van der Waals surface area contributed by atoms with Crippen LogP contribution in [0, 0.1) is 0 Å². The highest BCUT2D eigenvalue weighted by atomic mass is 28.3. The summed E-state index contributed by atoms with van der Waals surface area (Å²) in [6, 6.07) is 10.3. The molecule has 0 bridgehead atoms. The van der Waals surface area contributed by atoms with E-state index in [1.165, 1.54) is 36.8 Å². The third-order valence-electron chi connectivity index (χ3n) is 5.32. The summed E-state index contributed by atoms with van der Waals surface area (Å²) in [5.41, 5.74) is 2.94. The van der Waals surface area contributed by atoms with Crippen molar-refractivity contribution in [1.82, 2.24) is 0 Å². The summed E-state index contributed by atoms with van der Waals surface area (Å²) in [5.74, 6) is 0.714. The highest BCUT2D eigenvalue weighted by Crippen LogP contribution is 2.34. The van der Waals surface area contributed by atoms with Gasteiger partial charge in [0, 0.05) is 18.8 Å². The van der Waals surface area contributed by atoms with E-state index in [4.69, 9.17) is 13.6 Å². The molecule has 0 spiro atoms. The number of hydrogen-bond acceptors (Lipinski definition) is 3. The van der Waals surface area contributed by atoms with E-state index < -0.39 is 9.28 Å². The molecule has 27 heavy (non-hydrogen) atoms. The van der Waals surface area contributed by atoms with Crippen LogP contribution in [0.5, 0.6) is 0 Å². The zero-order valence-electron chi connectivity index (χ0n) is 18.1. The number of ether oxygens (including phenoxy) is 1. The Kier molecular flexibility index (Phi) is 10.0. The molecule has 154 valence electrons. The average molecular weight is 393 g/mol. The molecule has 2 rings (SSSR count). The van der Waals surface area contributed by atoms with Gasteiger partial charge >= 0.3 is 9.28 Å². The molecule has 4 heteroatoms. The molecule has 0 radical (unpaired) electrons. The fourth-order valence-electron chi connectivity index (χ4n) is 3.86. The van der Waals surface area contributed by atoms with Crippen molar-refractivity contribution in [3.63, 3.8) is 0 Å². The van der Waals surface area contributed by atoms with Gasteiger partial charge in [-0.3, -0.25) is 0 Å². The maximum atomic E-state index is 6.18. The van der Waals surface area contributed by atoms with Crippen molar-refractivity contribution in [3.8, 4) is 0 Å². The summed E-state index contributed by atoms with van der Waals surface area (Å²) in [5, 5.41) is 0. The second kappa shape index (κ2) is 12.0. The van der Waals surface area contributed by atoms with E-state index in [1.54, 1.807) is 0 Å². The first-order valence-electron chi connectivity index (χ1n) is 11.0. The lowest BCUT2D eigenvalue weighted by Crippen LogP contribution is -2.30. The predicted molar refractivity (Wildman–Crippen MR) is 116 cm³/mol. The molecule has 0 heterocycles. The Morgan fingerprint density at radius 3 is 2.04 bits per heavy atom. The van der Waals surface area contributed by atoms with Gasteiger partial charge in [-0.25, -0.2) is 0 Å². The lowest BCUT2D eigenvalue weighted by molar-refractivity contribution is 0.0237. The van der Waals surface area contributed by atoms with Crippen molar-refractivity contribution in [2.75, 3.05) is 6.61 Å². The first kappa shape index (κ1) is 22.6. The molecular formula is C23H40O3Si. The summed E-state index contributed by atoms with van der Waals surface area (Å²) in [4.78, 5) is 0. The minimum absolute atomic E-state index is 0.253. The summed E-state index contributed by atoms with van der Waals surface area (Å²) < 4.78 is 18.2. The van der Waals surface area contributed by atoms with E-state index in [-0.39, 0.29) is 12.2 Å². The molecule has 0 atom stereocenters. The molecule has 0 N–H and O–H groups in total. The fraction of sp³-hybridized carbons (Fsp3) is 0.739. The zero-order chi connectivity index (χ0) is 19.6. The van der Waals surface area contributed by atoms with E-state index >= 15 is 0 Å². The normalized spacial score (nSPS) is 20.7. The summed E-state index contributed by atoms with van der Waals surface area (Å²) in [7, 11) is -1.56. The van der Waals surface area contributed by atoms with Crippen molar-refractivity contribution < 1.29 is 13.6 Å². The first-order valence-corrected chi connectivity index (χ1v) is 12.7. The number of rotatable bonds is 11. The van der Waals surface area contributed by atoms with Crippen LogP contribution in [0.25, 0.3) is 0 Å². The van der Waals surface area contributed by atoms with Gasteiger partial charge in [-0.1, -0.05) is 31.2 Å². The molecule has 0 amide bonds. The molecule has 0 aliphatic heterocycles. The van der Waals surface area contributed by atoms with Crippen LogP contribution < -0.4 is 0 Å². The largest absolute Gasteiger partial charge is 0.394 e. The Bertz CT molecular complexity index is 497. The van der Waals surface area contributed by atoms with Gasteiger partial charge in [0.1, 0.15) is 0 Å². The molecule has 1 aromatic rings. The van der Waals surface area contributed by atoms with Gasteiger partial charge in [-0.05, 0) is 89.3 Å². The topological polar surface area (TPSA) is 27.7 Å². The maximum Gasteiger partial charge on any atom is 0.321 e. The number of benzene rings is 1. The summed E-state index contributed by atoms with van der Waals surface area (Å²) in [6.45, 7) is 11.4. The van der Waals surface area contributed by atoms with Gasteiger partial charge in [-0.15, -0.1) is 0 Å². The van der Waals surface area contributed by atoms with Crippen molar-refractivity contribution in [2.45, 2.75) is 103 Å². The van der Waals surface area contributed by atoms with Crippen molar-refractivity contribution in [2.24, 2.45) is 0 Å². The standard InChI is InChI=1S/C23H40O3Si/c1-6-20-8-10-21(11-9-20)22-12-14-23(15-13-22)24-16-7-17-27(25-18(2)3)26-19(4)5/h8-11,18-19,22-23,27H,6-7,12-17H2,1-5H3/t22-,23-. The molecule has 1 aliphatic carbocycles. The zero-order valence-corrected chi connectivity index (χ0v) is 19.2. The molecule has 3 nitrogen and oxygen atoms in total. The van der Waals surface area contributed by atoms with Gasteiger partial charge in [0.2, 0.25) is 0 Å². The van der Waals surface area contributed by atoms with Crippen molar-refractivity contribution in [3.05, 3.63) is 35.4 Å². The van der Waals surface area contributed by atoms with Crippen LogP contribution in [0.15, 0.2) is 24.3 Å². The Morgan fingerprint density at radius 1 is 0.926 bits per heavy atom. The predicted octanol–water partition coefficient (Wildman–Crippen LogP) is 5.75. The second-order valence-electron chi connectivity index (χ2n) is 8.38. The van der Waals surface area contributed by atoms with Gasteiger partial charge in [0.05, 0.1) is 6.10 Å². The minimum Gasteiger partial charge on any atom is -0.394 e. The van der Waals surface area contributed by atoms with Crippen LogP contribution in [0.1, 0.15) is 83.8 Å². The van der Waals surface area contributed by atoms with Gasteiger partial charge in [-0.2, -0.15) is 0 Å². The van der Waals surface area contributed by atoms with Crippen LogP contribution in [0.4, 0.5) is 0 Å². The van der Waals surface area contributed by atoms with Crippen molar-refractivity contribution >= 4 is 9.28 Å². The number of aryl methyl sites for hydroxylation is 1. The van der Waals surface area contributed by atoms with E-state index in [0.29, 0.717) is 12.0 Å². The molecule has 0 saturated heterocycles. The Labute approximate surface area is 168 Å². The van der Waals surface area contributed by atoms with E-state index in [0.717, 1.165) is 25.5 Å². The lowest BCUT2D eigenvalue weighted by Gasteiger charge is -2.29. The second-order valence-corrected chi connectivity index (χ2v) is 10.4. The molecule has 1 aliphatic rings. The van der Waals surface area contributed by atoms with Crippen LogP contribution in [-0.2, 0) is 20.0 Å². The van der Waals surface area contributed by atoms with Crippen molar-refractivity contribution in [1.29, 1.82) is 0 Å². The maximum absolute atomic E-state index is 6.18. The van der Waals surface area contributed by atoms with Crippen LogP contribution in [-0.4, -0.2) is 34.2 Å². The Hall–Kier alpha value is -0.683. The smallest absolute Gasteiger partial charge is 0.321 e. The molecule has 0 aromatic heterocycles.